The maximum atomic E-state index is 5.41. The van der Waals surface area contributed by atoms with E-state index in [2.05, 4.69) is 38.4 Å². The lowest BCUT2D eigenvalue weighted by molar-refractivity contribution is 0.123. The molecule has 0 radical (unpaired) electrons. The van der Waals surface area contributed by atoms with Crippen molar-refractivity contribution in [3.63, 3.8) is 0 Å². The Morgan fingerprint density at radius 2 is 2.00 bits per heavy atom. The minimum absolute atomic E-state index is 0.676. The van der Waals surface area contributed by atoms with Crippen molar-refractivity contribution in [2.75, 3.05) is 36.5 Å². The molecule has 1 aliphatic rings. The average molecular weight is 270 g/mol. The van der Waals surface area contributed by atoms with Crippen LogP contribution < -0.4 is 10.2 Å². The second-order valence-corrected chi connectivity index (χ2v) is 4.67. The lowest BCUT2D eigenvalue weighted by Gasteiger charge is -2.30. The molecule has 20 heavy (non-hydrogen) atoms. The standard InChI is InChI=1S/C15H18N4O/c1-2-4-15(19-7-9-20-10-8-19)14(3-1)18-12-13-11-16-5-6-17-13/h1-6,11,18H,7-10,12H2. The maximum Gasteiger partial charge on any atom is 0.0777 e. The van der Waals surface area contributed by atoms with Crippen molar-refractivity contribution in [3.8, 4) is 0 Å². The van der Waals surface area contributed by atoms with Gasteiger partial charge in [0.1, 0.15) is 0 Å². The summed E-state index contributed by atoms with van der Waals surface area (Å²) in [6.45, 7) is 4.12. The van der Waals surface area contributed by atoms with Gasteiger partial charge in [0.25, 0.3) is 0 Å². The molecule has 1 fully saturated rings. The van der Waals surface area contributed by atoms with Gasteiger partial charge in [0.15, 0.2) is 0 Å². The second-order valence-electron chi connectivity index (χ2n) is 4.67. The van der Waals surface area contributed by atoms with Gasteiger partial charge >= 0.3 is 0 Å². The first kappa shape index (κ1) is 12.9. The third kappa shape index (κ3) is 3.05. The van der Waals surface area contributed by atoms with E-state index in [4.69, 9.17) is 4.74 Å². The summed E-state index contributed by atoms with van der Waals surface area (Å²) in [5, 5.41) is 3.44. The smallest absolute Gasteiger partial charge is 0.0777 e. The first-order valence-electron chi connectivity index (χ1n) is 6.84. The number of rotatable bonds is 4. The molecule has 2 heterocycles. The Bertz CT molecular complexity index is 541. The molecule has 0 unspecified atom stereocenters. The van der Waals surface area contributed by atoms with E-state index >= 15 is 0 Å². The molecule has 0 aliphatic carbocycles. The van der Waals surface area contributed by atoms with Crippen molar-refractivity contribution in [3.05, 3.63) is 48.5 Å². The summed E-state index contributed by atoms with van der Waals surface area (Å²) < 4.78 is 5.41. The van der Waals surface area contributed by atoms with Gasteiger partial charge in [-0.3, -0.25) is 9.97 Å². The van der Waals surface area contributed by atoms with Crippen molar-refractivity contribution >= 4 is 11.4 Å². The Kier molecular flexibility index (Phi) is 4.08. The predicted molar refractivity (Wildman–Crippen MR) is 78.8 cm³/mol. The number of hydrogen-bond acceptors (Lipinski definition) is 5. The van der Waals surface area contributed by atoms with Crippen LogP contribution in [0.1, 0.15) is 5.69 Å². The molecular weight excluding hydrogens is 252 g/mol. The SMILES string of the molecule is c1ccc(N2CCOCC2)c(NCc2cnccn2)c1. The minimum atomic E-state index is 0.676. The van der Waals surface area contributed by atoms with Crippen LogP contribution in [-0.4, -0.2) is 36.3 Å². The van der Waals surface area contributed by atoms with E-state index in [0.29, 0.717) is 6.54 Å². The molecule has 5 nitrogen and oxygen atoms in total. The minimum Gasteiger partial charge on any atom is -0.378 e. The van der Waals surface area contributed by atoms with Crippen LogP contribution in [0.15, 0.2) is 42.9 Å². The van der Waals surface area contributed by atoms with E-state index in [-0.39, 0.29) is 0 Å². The van der Waals surface area contributed by atoms with Gasteiger partial charge in [-0.25, -0.2) is 0 Å². The first-order chi connectivity index (χ1) is 9.93. The van der Waals surface area contributed by atoms with Crippen LogP contribution in [0.25, 0.3) is 0 Å². The van der Waals surface area contributed by atoms with E-state index in [1.54, 1.807) is 18.6 Å². The summed E-state index contributed by atoms with van der Waals surface area (Å²) in [5.41, 5.74) is 3.28. The van der Waals surface area contributed by atoms with Crippen LogP contribution >= 0.6 is 0 Å². The van der Waals surface area contributed by atoms with Gasteiger partial charge < -0.3 is 15.0 Å². The molecule has 104 valence electrons. The third-order valence-electron chi connectivity index (χ3n) is 3.33. The predicted octanol–water partition coefficient (Wildman–Crippen LogP) is 1.93. The summed E-state index contributed by atoms with van der Waals surface area (Å²) in [6, 6.07) is 8.35. The molecule has 0 spiro atoms. The molecule has 0 bridgehead atoms. The van der Waals surface area contributed by atoms with Crippen LogP contribution in [0.5, 0.6) is 0 Å². The van der Waals surface area contributed by atoms with E-state index in [9.17, 15) is 0 Å². The van der Waals surface area contributed by atoms with Gasteiger partial charge in [-0.1, -0.05) is 12.1 Å². The van der Waals surface area contributed by atoms with E-state index in [1.807, 2.05) is 6.07 Å². The van der Waals surface area contributed by atoms with Gasteiger partial charge in [-0.05, 0) is 12.1 Å². The lowest BCUT2D eigenvalue weighted by atomic mass is 10.2. The Hall–Kier alpha value is -2.14. The normalized spacial score (nSPS) is 15.1. The van der Waals surface area contributed by atoms with Crippen LogP contribution in [-0.2, 0) is 11.3 Å². The molecule has 1 aromatic heterocycles. The third-order valence-corrected chi connectivity index (χ3v) is 3.33. The Labute approximate surface area is 118 Å². The average Bonchev–Trinajstić information content (AvgIpc) is 2.55. The summed E-state index contributed by atoms with van der Waals surface area (Å²) in [7, 11) is 0. The van der Waals surface area contributed by atoms with Crippen molar-refractivity contribution in [2.45, 2.75) is 6.54 Å². The molecule has 3 rings (SSSR count). The van der Waals surface area contributed by atoms with E-state index in [0.717, 1.165) is 37.7 Å². The van der Waals surface area contributed by atoms with Crippen molar-refractivity contribution in [1.82, 2.24) is 9.97 Å². The molecule has 2 aromatic rings. The number of anilines is 2. The fraction of sp³-hybridized carbons (Fsp3) is 0.333. The molecule has 0 saturated carbocycles. The molecule has 1 aromatic carbocycles. The zero-order chi connectivity index (χ0) is 13.6. The van der Waals surface area contributed by atoms with Crippen molar-refractivity contribution in [1.29, 1.82) is 0 Å². The molecule has 0 amide bonds. The topological polar surface area (TPSA) is 50.3 Å². The van der Waals surface area contributed by atoms with E-state index < -0.39 is 0 Å². The highest BCUT2D eigenvalue weighted by Crippen LogP contribution is 2.26. The van der Waals surface area contributed by atoms with Crippen molar-refractivity contribution < 1.29 is 4.74 Å². The molecule has 0 atom stereocenters. The number of ether oxygens (including phenoxy) is 1. The fourth-order valence-electron chi connectivity index (χ4n) is 2.31. The highest BCUT2D eigenvalue weighted by molar-refractivity contribution is 5.70. The van der Waals surface area contributed by atoms with Crippen LogP contribution in [0.2, 0.25) is 0 Å². The van der Waals surface area contributed by atoms with Gasteiger partial charge in [-0.15, -0.1) is 0 Å². The quantitative estimate of drug-likeness (QED) is 0.920. The van der Waals surface area contributed by atoms with Crippen LogP contribution in [0.3, 0.4) is 0 Å². The zero-order valence-electron chi connectivity index (χ0n) is 11.3. The van der Waals surface area contributed by atoms with Crippen LogP contribution in [0, 0.1) is 0 Å². The highest BCUT2D eigenvalue weighted by atomic mass is 16.5. The number of benzene rings is 1. The molecule has 1 N–H and O–H groups in total. The Morgan fingerprint density at radius 1 is 1.15 bits per heavy atom. The number of aromatic nitrogens is 2. The summed E-state index contributed by atoms with van der Waals surface area (Å²) in [6.07, 6.45) is 5.18. The van der Waals surface area contributed by atoms with Gasteiger partial charge in [0, 0.05) is 25.5 Å². The first-order valence-corrected chi connectivity index (χ1v) is 6.84. The monoisotopic (exact) mass is 270 g/mol. The molecular formula is C15H18N4O. The highest BCUT2D eigenvalue weighted by Gasteiger charge is 2.14. The van der Waals surface area contributed by atoms with E-state index in [1.165, 1.54) is 5.69 Å². The summed E-state index contributed by atoms with van der Waals surface area (Å²) >= 11 is 0. The summed E-state index contributed by atoms with van der Waals surface area (Å²) in [5.74, 6) is 0. The number of nitrogens with one attached hydrogen (secondary N) is 1. The number of para-hydroxylation sites is 2. The molecule has 5 heteroatoms. The molecule has 1 aliphatic heterocycles. The van der Waals surface area contributed by atoms with Crippen LogP contribution in [0.4, 0.5) is 11.4 Å². The van der Waals surface area contributed by atoms with Gasteiger partial charge in [0.2, 0.25) is 0 Å². The number of nitrogens with zero attached hydrogens (tertiary/aromatic N) is 3. The lowest BCUT2D eigenvalue weighted by Crippen LogP contribution is -2.36. The Morgan fingerprint density at radius 3 is 2.80 bits per heavy atom. The summed E-state index contributed by atoms with van der Waals surface area (Å²) in [4.78, 5) is 10.7. The fourth-order valence-corrected chi connectivity index (χ4v) is 2.31. The number of hydrogen-bond donors (Lipinski definition) is 1. The van der Waals surface area contributed by atoms with Gasteiger partial charge in [0.05, 0.1) is 43.0 Å². The number of morpholine rings is 1. The van der Waals surface area contributed by atoms with Crippen molar-refractivity contribution in [2.24, 2.45) is 0 Å². The Balaban J connectivity index is 1.72. The van der Waals surface area contributed by atoms with Gasteiger partial charge in [-0.2, -0.15) is 0 Å². The maximum absolute atomic E-state index is 5.41. The largest absolute Gasteiger partial charge is 0.378 e. The molecule has 1 saturated heterocycles. The second kappa shape index (κ2) is 6.34. The zero-order valence-corrected chi connectivity index (χ0v) is 11.3.